The monoisotopic (exact) mass is 452 g/mol. The van der Waals surface area contributed by atoms with Gasteiger partial charge in [0.15, 0.2) is 5.78 Å². The van der Waals surface area contributed by atoms with Crippen LogP contribution in [0.25, 0.3) is 10.6 Å². The average molecular weight is 453 g/mol. The predicted octanol–water partition coefficient (Wildman–Crippen LogP) is 5.31. The van der Waals surface area contributed by atoms with Gasteiger partial charge in [-0.05, 0) is 43.4 Å². The van der Waals surface area contributed by atoms with Crippen molar-refractivity contribution < 1.29 is 13.6 Å². The van der Waals surface area contributed by atoms with Gasteiger partial charge in [-0.15, -0.1) is 11.3 Å². The number of benzene rings is 1. The van der Waals surface area contributed by atoms with Crippen molar-refractivity contribution in [3.05, 3.63) is 52.7 Å². The Morgan fingerprint density at radius 1 is 1.30 bits per heavy atom. The first-order valence-corrected chi connectivity index (χ1v) is 10.8. The summed E-state index contributed by atoms with van der Waals surface area (Å²) in [4.78, 5) is 17.3. The number of nitrogens with zero attached hydrogens (tertiary/aromatic N) is 3. The van der Waals surface area contributed by atoms with Crippen LogP contribution in [0.3, 0.4) is 0 Å². The van der Waals surface area contributed by atoms with Crippen LogP contribution in [0.1, 0.15) is 43.2 Å². The first kappa shape index (κ1) is 24.0. The predicted molar refractivity (Wildman–Crippen MR) is 120 cm³/mol. The summed E-state index contributed by atoms with van der Waals surface area (Å²) in [5.41, 5.74) is 7.24. The number of rotatable bonds is 3. The fourth-order valence-electron chi connectivity index (χ4n) is 3.04. The highest BCUT2D eigenvalue weighted by molar-refractivity contribution is 7.13. The number of ketones is 1. The highest BCUT2D eigenvalue weighted by atomic mass is 32.1. The zero-order chi connectivity index (χ0) is 21.0. The van der Waals surface area contributed by atoms with E-state index in [2.05, 4.69) is 21.2 Å². The molecule has 9 heteroatoms. The standard InChI is InChI=1S/C11H7F2NOS.C9H15N3S.CH4/c1-6(15)9-5-16-11(14-9)10-7(12)3-2-4-8(10)13;1-7-5-11-13-9(7)12-4-2-3-8(10)6-12;/h2-5H,1H3;5,8H,2-4,6,10H2,1H3;1H4. The first-order chi connectivity index (χ1) is 13.9. The maximum Gasteiger partial charge on any atom is 0.178 e. The number of nitrogens with two attached hydrogens (primary N) is 1. The van der Waals surface area contributed by atoms with Crippen LogP contribution < -0.4 is 10.6 Å². The van der Waals surface area contributed by atoms with Gasteiger partial charge in [-0.2, -0.15) is 4.37 Å². The summed E-state index contributed by atoms with van der Waals surface area (Å²) in [6.07, 6.45) is 4.30. The maximum atomic E-state index is 13.4. The third kappa shape index (κ3) is 5.68. The largest absolute Gasteiger partial charge is 0.360 e. The molecule has 0 saturated carbocycles. The van der Waals surface area contributed by atoms with Gasteiger partial charge in [0.2, 0.25) is 0 Å². The number of piperidine rings is 1. The second-order valence-corrected chi connectivity index (χ2v) is 8.49. The van der Waals surface area contributed by atoms with Crippen molar-refractivity contribution in [2.75, 3.05) is 18.0 Å². The normalized spacial score (nSPS) is 15.8. The van der Waals surface area contributed by atoms with Crippen LogP contribution in [0, 0.1) is 18.6 Å². The Morgan fingerprint density at radius 2 is 2.00 bits per heavy atom. The van der Waals surface area contributed by atoms with Crippen LogP contribution in [0.2, 0.25) is 0 Å². The molecule has 2 N–H and O–H groups in total. The van der Waals surface area contributed by atoms with Crippen LogP contribution in [0.5, 0.6) is 0 Å². The molecule has 1 unspecified atom stereocenters. The van der Waals surface area contributed by atoms with Crippen LogP contribution in [0.15, 0.2) is 29.8 Å². The van der Waals surface area contributed by atoms with E-state index in [4.69, 9.17) is 5.73 Å². The third-order valence-electron chi connectivity index (χ3n) is 4.51. The SMILES string of the molecule is C.CC(=O)c1csc(-c2c(F)cccc2F)n1.Cc1cnsc1N1CCCC(N)C1. The first-order valence-electron chi connectivity index (χ1n) is 9.19. The molecular weight excluding hydrogens is 426 g/mol. The van der Waals surface area contributed by atoms with Gasteiger partial charge in [-0.1, -0.05) is 13.5 Å². The molecule has 5 nitrogen and oxygen atoms in total. The van der Waals surface area contributed by atoms with E-state index >= 15 is 0 Å². The molecule has 1 aliphatic heterocycles. The van der Waals surface area contributed by atoms with Crippen molar-refractivity contribution in [3.63, 3.8) is 0 Å². The van der Waals surface area contributed by atoms with E-state index < -0.39 is 11.6 Å². The number of halogens is 2. The summed E-state index contributed by atoms with van der Waals surface area (Å²) in [7, 11) is 0. The zero-order valence-corrected chi connectivity index (χ0v) is 17.8. The number of anilines is 1. The maximum absolute atomic E-state index is 13.4. The van der Waals surface area contributed by atoms with E-state index in [0.717, 1.165) is 43.0 Å². The van der Waals surface area contributed by atoms with Crippen LogP contribution in [-0.4, -0.2) is 34.3 Å². The Balaban J connectivity index is 0.000000211. The lowest BCUT2D eigenvalue weighted by Crippen LogP contribution is -2.42. The van der Waals surface area contributed by atoms with Crippen LogP contribution in [-0.2, 0) is 0 Å². The van der Waals surface area contributed by atoms with E-state index in [0.29, 0.717) is 6.04 Å². The molecule has 1 fully saturated rings. The van der Waals surface area contributed by atoms with E-state index in [9.17, 15) is 13.6 Å². The molecule has 4 rings (SSSR count). The molecular formula is C21H26F2N4OS2. The van der Waals surface area contributed by atoms with Gasteiger partial charge in [0.1, 0.15) is 27.3 Å². The number of carbonyl (C=O) groups is 1. The zero-order valence-electron chi connectivity index (χ0n) is 16.2. The minimum Gasteiger partial charge on any atom is -0.360 e. The Bertz CT molecular complexity index is 969. The van der Waals surface area contributed by atoms with Gasteiger partial charge in [0, 0.05) is 43.2 Å². The third-order valence-corrected chi connectivity index (χ3v) is 6.33. The van der Waals surface area contributed by atoms with Crippen molar-refractivity contribution >= 4 is 33.7 Å². The molecule has 0 spiro atoms. The van der Waals surface area contributed by atoms with Gasteiger partial charge in [0.05, 0.1) is 5.56 Å². The fraction of sp³-hybridized carbons (Fsp3) is 0.381. The lowest BCUT2D eigenvalue weighted by atomic mass is 10.1. The molecule has 3 heterocycles. The minimum atomic E-state index is -0.676. The van der Waals surface area contributed by atoms with Crippen molar-refractivity contribution in [3.8, 4) is 10.6 Å². The fourth-order valence-corrected chi connectivity index (χ4v) is 4.73. The molecule has 1 aromatic carbocycles. The second-order valence-electron chi connectivity index (χ2n) is 6.85. The molecule has 1 aliphatic rings. The van der Waals surface area contributed by atoms with Crippen molar-refractivity contribution in [2.45, 2.75) is 40.2 Å². The number of hydrogen-bond acceptors (Lipinski definition) is 7. The topological polar surface area (TPSA) is 72.1 Å². The average Bonchev–Trinajstić information content (AvgIpc) is 3.32. The second kappa shape index (κ2) is 10.7. The summed E-state index contributed by atoms with van der Waals surface area (Å²) in [6, 6.07) is 3.95. The minimum absolute atomic E-state index is 0. The number of thiazole rings is 1. The summed E-state index contributed by atoms with van der Waals surface area (Å²) < 4.78 is 31.0. The molecule has 1 atom stereocenters. The Kier molecular flexibility index (Phi) is 8.57. The lowest BCUT2D eigenvalue weighted by Gasteiger charge is -2.31. The smallest absolute Gasteiger partial charge is 0.178 e. The lowest BCUT2D eigenvalue weighted by molar-refractivity contribution is 0.101. The quantitative estimate of drug-likeness (QED) is 0.546. The molecule has 0 amide bonds. The van der Waals surface area contributed by atoms with Crippen molar-refractivity contribution in [1.82, 2.24) is 9.36 Å². The summed E-state index contributed by atoms with van der Waals surface area (Å²) in [5, 5.41) is 2.97. The number of hydrogen-bond donors (Lipinski definition) is 1. The molecule has 0 radical (unpaired) electrons. The van der Waals surface area contributed by atoms with Gasteiger partial charge >= 0.3 is 0 Å². The van der Waals surface area contributed by atoms with Gasteiger partial charge < -0.3 is 10.6 Å². The Morgan fingerprint density at radius 3 is 2.53 bits per heavy atom. The molecule has 0 aliphatic carbocycles. The molecule has 3 aromatic rings. The number of aromatic nitrogens is 2. The van der Waals surface area contributed by atoms with E-state index in [1.807, 2.05) is 6.20 Å². The molecule has 30 heavy (non-hydrogen) atoms. The Hall–Kier alpha value is -2.23. The number of aryl methyl sites for hydroxylation is 1. The van der Waals surface area contributed by atoms with Crippen LogP contribution >= 0.6 is 22.9 Å². The highest BCUT2D eigenvalue weighted by Gasteiger charge is 2.19. The highest BCUT2D eigenvalue weighted by Crippen LogP contribution is 2.29. The Labute approximate surface area is 183 Å². The van der Waals surface area contributed by atoms with Crippen LogP contribution in [0.4, 0.5) is 13.8 Å². The van der Waals surface area contributed by atoms with Crippen molar-refractivity contribution in [1.29, 1.82) is 0 Å². The van der Waals surface area contributed by atoms with Crippen molar-refractivity contribution in [2.24, 2.45) is 5.73 Å². The van der Waals surface area contributed by atoms with E-state index in [-0.39, 0.29) is 29.5 Å². The molecule has 0 bridgehead atoms. The van der Waals surface area contributed by atoms with Gasteiger partial charge in [-0.3, -0.25) is 4.79 Å². The number of carbonyl (C=O) groups excluding carboxylic acids is 1. The summed E-state index contributed by atoms with van der Waals surface area (Å²) in [5.74, 6) is -1.58. The summed E-state index contributed by atoms with van der Waals surface area (Å²) >= 11 is 2.63. The molecule has 162 valence electrons. The molecule has 1 saturated heterocycles. The van der Waals surface area contributed by atoms with E-state index in [1.165, 1.54) is 35.4 Å². The van der Waals surface area contributed by atoms with Gasteiger partial charge in [-0.25, -0.2) is 13.8 Å². The summed E-state index contributed by atoms with van der Waals surface area (Å²) in [6.45, 7) is 5.59. The number of Topliss-reactive ketones (excluding diaryl/α,β-unsaturated/α-hetero) is 1. The van der Waals surface area contributed by atoms with E-state index in [1.54, 1.807) is 11.5 Å². The molecule has 2 aromatic heterocycles. The van der Waals surface area contributed by atoms with Gasteiger partial charge in [0.25, 0.3) is 0 Å².